The molecule has 1 aliphatic rings. The predicted molar refractivity (Wildman–Crippen MR) is 158 cm³/mol. The van der Waals surface area contributed by atoms with Crippen molar-refractivity contribution in [3.8, 4) is 23.2 Å². The molecule has 0 spiro atoms. The van der Waals surface area contributed by atoms with Crippen LogP contribution in [0.5, 0.6) is 0 Å². The number of esters is 1. The lowest BCUT2D eigenvalue weighted by molar-refractivity contribution is -0.155. The monoisotopic (exact) mass is 593 g/mol. The Bertz CT molecular complexity index is 1350. The Balaban J connectivity index is 1.85. The minimum absolute atomic E-state index is 0.0110. The van der Waals surface area contributed by atoms with Crippen LogP contribution >= 0.6 is 0 Å². The molecule has 2 N–H and O–H groups in total. The summed E-state index contributed by atoms with van der Waals surface area (Å²) < 4.78 is 10.5. The number of aliphatic hydroxyl groups excluding tert-OH is 1. The Kier molecular flexibility index (Phi) is 11.6. The predicted octanol–water partition coefficient (Wildman–Crippen LogP) is 2.40. The first-order chi connectivity index (χ1) is 20.4. The Morgan fingerprint density at radius 3 is 2.30 bits per heavy atom. The van der Waals surface area contributed by atoms with Crippen molar-refractivity contribution in [2.24, 2.45) is 0 Å². The fourth-order valence-electron chi connectivity index (χ4n) is 4.21. The van der Waals surface area contributed by atoms with Crippen molar-refractivity contribution in [2.45, 2.75) is 65.2 Å². The van der Waals surface area contributed by atoms with Crippen LogP contribution in [0.25, 0.3) is 11.4 Å². The van der Waals surface area contributed by atoms with Crippen molar-refractivity contribution in [1.82, 2.24) is 25.1 Å². The van der Waals surface area contributed by atoms with Crippen molar-refractivity contribution >= 4 is 23.9 Å². The van der Waals surface area contributed by atoms with Crippen LogP contribution in [0.4, 0.5) is 4.79 Å². The quantitative estimate of drug-likeness (QED) is 0.347. The Morgan fingerprint density at radius 1 is 1.05 bits per heavy atom. The van der Waals surface area contributed by atoms with E-state index in [1.165, 1.54) is 17.9 Å². The molecule has 1 unspecified atom stereocenters. The average Bonchev–Trinajstić information content (AvgIpc) is 2.97. The first-order valence-corrected chi connectivity index (χ1v) is 14.2. The van der Waals surface area contributed by atoms with Crippen LogP contribution in [0.2, 0.25) is 0 Å². The number of carbonyl (C=O) groups excluding carboxylic acids is 4. The first-order valence-electron chi connectivity index (χ1n) is 14.2. The highest BCUT2D eigenvalue weighted by molar-refractivity contribution is 5.96. The number of carbonyl (C=O) groups is 4. The zero-order valence-corrected chi connectivity index (χ0v) is 25.3. The van der Waals surface area contributed by atoms with E-state index in [0.29, 0.717) is 5.56 Å². The van der Waals surface area contributed by atoms with Gasteiger partial charge in [0.1, 0.15) is 29.1 Å². The van der Waals surface area contributed by atoms with E-state index in [1.807, 2.05) is 6.07 Å². The molecule has 3 rings (SSSR count). The normalized spacial score (nSPS) is 14.6. The fraction of sp³-hybridized carbons (Fsp3) is 0.484. The van der Waals surface area contributed by atoms with Gasteiger partial charge in [0.05, 0.1) is 6.61 Å². The fourth-order valence-corrected chi connectivity index (χ4v) is 4.21. The second kappa shape index (κ2) is 15.1. The van der Waals surface area contributed by atoms with E-state index < -0.39 is 41.6 Å². The third kappa shape index (κ3) is 10.4. The van der Waals surface area contributed by atoms with Crippen molar-refractivity contribution in [3.05, 3.63) is 47.8 Å². The summed E-state index contributed by atoms with van der Waals surface area (Å²) in [5, 5.41) is 12.4. The smallest absolute Gasteiger partial charge is 0.409 e. The molecular weight excluding hydrogens is 554 g/mol. The second-order valence-electron chi connectivity index (χ2n) is 10.9. The third-order valence-corrected chi connectivity index (χ3v) is 6.18. The highest BCUT2D eigenvalue weighted by atomic mass is 16.6. The number of aliphatic hydroxyl groups is 1. The molecule has 1 aliphatic heterocycles. The molecule has 1 aromatic heterocycles. The van der Waals surface area contributed by atoms with Gasteiger partial charge in [-0.15, -0.1) is 0 Å². The van der Waals surface area contributed by atoms with E-state index in [0.717, 1.165) is 0 Å². The maximum Gasteiger partial charge on any atom is 0.409 e. The van der Waals surface area contributed by atoms with Gasteiger partial charge >= 0.3 is 12.1 Å². The molecule has 0 saturated carbocycles. The molecular formula is C31H39N5O7. The van der Waals surface area contributed by atoms with Gasteiger partial charge in [0.2, 0.25) is 5.91 Å². The maximum atomic E-state index is 13.6. The molecule has 2 aromatic rings. The van der Waals surface area contributed by atoms with Gasteiger partial charge in [-0.1, -0.05) is 36.3 Å². The summed E-state index contributed by atoms with van der Waals surface area (Å²) in [5.74, 6) is 4.05. The number of hydrogen-bond donors (Lipinski definition) is 2. The lowest BCUT2D eigenvalue weighted by Crippen LogP contribution is -2.56. The Hall–Kier alpha value is -4.50. The average molecular weight is 594 g/mol. The molecule has 0 aliphatic carbocycles. The molecule has 230 valence electrons. The van der Waals surface area contributed by atoms with Gasteiger partial charge in [-0.2, -0.15) is 0 Å². The minimum atomic E-state index is -1.07. The second-order valence-corrected chi connectivity index (χ2v) is 10.9. The summed E-state index contributed by atoms with van der Waals surface area (Å²) in [6.45, 7) is 9.73. The molecule has 12 nitrogen and oxygen atoms in total. The molecule has 1 saturated heterocycles. The number of ether oxygens (including phenoxy) is 2. The molecule has 1 aromatic carbocycles. The number of piperazine rings is 1. The standard InChI is InChI=1S/C31H39N5O7/c1-6-42-30(41)36-18-16-35(17-19-36)29(40)24(14-15-26(38)43-31(3,4)5)34-28(39)25-20-23(13-12-21(2)37)32-27(33-25)22-10-8-7-9-11-22/h7-11,20-21,24,37H,6,14-19H2,1-5H3,(H,34,39)/t21?,24-/m0/s1. The van der Waals surface area contributed by atoms with Crippen LogP contribution in [0.15, 0.2) is 36.4 Å². The maximum absolute atomic E-state index is 13.6. The number of amides is 3. The highest BCUT2D eigenvalue weighted by Crippen LogP contribution is 2.17. The summed E-state index contributed by atoms with van der Waals surface area (Å²) in [7, 11) is 0. The lowest BCUT2D eigenvalue weighted by atomic mass is 10.1. The van der Waals surface area contributed by atoms with Crippen molar-refractivity contribution in [1.29, 1.82) is 0 Å². The number of benzene rings is 1. The van der Waals surface area contributed by atoms with E-state index in [-0.39, 0.29) is 62.8 Å². The summed E-state index contributed by atoms with van der Waals surface area (Å²) >= 11 is 0. The molecule has 0 bridgehead atoms. The van der Waals surface area contributed by atoms with Gasteiger partial charge in [0.15, 0.2) is 5.82 Å². The zero-order chi connectivity index (χ0) is 31.6. The first kappa shape index (κ1) is 33.0. The van der Waals surface area contributed by atoms with Crippen molar-refractivity contribution in [3.63, 3.8) is 0 Å². The van der Waals surface area contributed by atoms with Crippen molar-refractivity contribution < 1.29 is 33.8 Å². The highest BCUT2D eigenvalue weighted by Gasteiger charge is 2.32. The molecule has 2 atom stereocenters. The van der Waals surface area contributed by atoms with Crippen LogP contribution in [0.3, 0.4) is 0 Å². The lowest BCUT2D eigenvalue weighted by Gasteiger charge is -2.36. The van der Waals surface area contributed by atoms with Gasteiger partial charge < -0.3 is 29.7 Å². The SMILES string of the molecule is CCOC(=O)N1CCN(C(=O)[C@H](CCC(=O)OC(C)(C)C)NC(=O)c2cc(C#CC(C)O)nc(-c3ccccc3)n2)CC1. The number of nitrogens with one attached hydrogen (secondary N) is 1. The molecule has 3 amide bonds. The van der Waals surface area contributed by atoms with Gasteiger partial charge in [-0.3, -0.25) is 14.4 Å². The largest absolute Gasteiger partial charge is 0.460 e. The van der Waals surface area contributed by atoms with Gasteiger partial charge in [0, 0.05) is 44.2 Å². The number of hydrogen-bond acceptors (Lipinski definition) is 9. The Labute approximate surface area is 251 Å². The molecule has 1 fully saturated rings. The Morgan fingerprint density at radius 2 is 1.70 bits per heavy atom. The van der Waals surface area contributed by atoms with Crippen LogP contribution in [0, 0.1) is 11.8 Å². The number of nitrogens with zero attached hydrogens (tertiary/aromatic N) is 4. The summed E-state index contributed by atoms with van der Waals surface area (Å²) in [6, 6.07) is 9.32. The molecule has 12 heteroatoms. The topological polar surface area (TPSA) is 151 Å². The number of aromatic nitrogens is 2. The summed E-state index contributed by atoms with van der Waals surface area (Å²) in [6.07, 6.45) is -1.48. The van der Waals surface area contributed by atoms with E-state index in [4.69, 9.17) is 9.47 Å². The van der Waals surface area contributed by atoms with E-state index in [1.54, 1.807) is 56.9 Å². The molecule has 0 radical (unpaired) electrons. The molecule has 43 heavy (non-hydrogen) atoms. The summed E-state index contributed by atoms with van der Waals surface area (Å²) in [5.41, 5.74) is 0.119. The van der Waals surface area contributed by atoms with Gasteiger partial charge in [-0.05, 0) is 47.0 Å². The third-order valence-electron chi connectivity index (χ3n) is 6.18. The van der Waals surface area contributed by atoms with Gasteiger partial charge in [-0.25, -0.2) is 14.8 Å². The van der Waals surface area contributed by atoms with Crippen LogP contribution in [-0.4, -0.2) is 99.3 Å². The van der Waals surface area contributed by atoms with Crippen molar-refractivity contribution in [2.75, 3.05) is 32.8 Å². The molecule has 2 heterocycles. The van der Waals surface area contributed by atoms with E-state index in [2.05, 4.69) is 27.1 Å². The van der Waals surface area contributed by atoms with Crippen LogP contribution < -0.4 is 5.32 Å². The van der Waals surface area contributed by atoms with E-state index in [9.17, 15) is 24.3 Å². The number of rotatable bonds is 8. The van der Waals surface area contributed by atoms with E-state index >= 15 is 0 Å². The van der Waals surface area contributed by atoms with Gasteiger partial charge in [0.25, 0.3) is 5.91 Å². The van der Waals surface area contributed by atoms with Crippen LogP contribution in [-0.2, 0) is 19.1 Å². The summed E-state index contributed by atoms with van der Waals surface area (Å²) in [4.78, 5) is 63.7. The zero-order valence-electron chi connectivity index (χ0n) is 25.3. The van der Waals surface area contributed by atoms with Crippen LogP contribution in [0.1, 0.15) is 63.6 Å². The minimum Gasteiger partial charge on any atom is -0.460 e.